The Balaban J connectivity index is 2.20. The van der Waals surface area contributed by atoms with Crippen LogP contribution >= 0.6 is 0 Å². The van der Waals surface area contributed by atoms with E-state index in [1.54, 1.807) is 0 Å². The van der Waals surface area contributed by atoms with Gasteiger partial charge in [-0.25, -0.2) is 9.97 Å². The Labute approximate surface area is 125 Å². The summed E-state index contributed by atoms with van der Waals surface area (Å²) in [7, 11) is 0. The van der Waals surface area contributed by atoms with E-state index in [0.717, 1.165) is 41.1 Å². The van der Waals surface area contributed by atoms with Gasteiger partial charge < -0.3 is 5.32 Å². The fourth-order valence-corrected chi connectivity index (χ4v) is 2.44. The first-order valence-corrected chi connectivity index (χ1v) is 7.36. The van der Waals surface area contributed by atoms with Crippen molar-refractivity contribution in [3.05, 3.63) is 54.1 Å². The average Bonchev–Trinajstić information content (AvgIpc) is 2.53. The van der Waals surface area contributed by atoms with Gasteiger partial charge in [0.1, 0.15) is 5.82 Å². The number of nitrogens with one attached hydrogen (secondary N) is 1. The van der Waals surface area contributed by atoms with Crippen molar-refractivity contribution < 1.29 is 0 Å². The normalized spacial score (nSPS) is 10.8. The number of fused-ring (bicyclic) bond motifs is 1. The number of rotatable bonds is 4. The molecule has 0 aliphatic heterocycles. The van der Waals surface area contributed by atoms with Crippen LogP contribution in [0.5, 0.6) is 0 Å². The smallest absolute Gasteiger partial charge is 0.162 e. The van der Waals surface area contributed by atoms with Gasteiger partial charge in [-0.2, -0.15) is 0 Å². The first-order valence-electron chi connectivity index (χ1n) is 7.36. The van der Waals surface area contributed by atoms with Gasteiger partial charge in [-0.15, -0.1) is 0 Å². The van der Waals surface area contributed by atoms with Crippen molar-refractivity contribution in [1.82, 2.24) is 9.97 Å². The molecule has 0 spiro atoms. The second kappa shape index (κ2) is 5.92. The Morgan fingerprint density at radius 1 is 0.952 bits per heavy atom. The lowest BCUT2D eigenvalue weighted by Crippen LogP contribution is -2.05. The molecule has 0 saturated carbocycles. The minimum absolute atomic E-state index is 0.771. The van der Waals surface area contributed by atoms with E-state index in [0.29, 0.717) is 0 Å². The van der Waals surface area contributed by atoms with E-state index in [9.17, 15) is 0 Å². The molecule has 0 atom stereocenters. The molecule has 1 N–H and O–H groups in total. The van der Waals surface area contributed by atoms with Crippen LogP contribution in [0.25, 0.3) is 22.3 Å². The van der Waals surface area contributed by atoms with Crippen LogP contribution < -0.4 is 5.32 Å². The summed E-state index contributed by atoms with van der Waals surface area (Å²) in [6.45, 7) is 5.17. The van der Waals surface area contributed by atoms with Gasteiger partial charge in [0.05, 0.1) is 5.52 Å². The monoisotopic (exact) mass is 277 g/mol. The van der Waals surface area contributed by atoms with Gasteiger partial charge in [0.25, 0.3) is 0 Å². The van der Waals surface area contributed by atoms with Gasteiger partial charge >= 0.3 is 0 Å². The van der Waals surface area contributed by atoms with Crippen LogP contribution in [-0.2, 0) is 0 Å². The van der Waals surface area contributed by atoms with Gasteiger partial charge in [-0.05, 0) is 25.0 Å². The summed E-state index contributed by atoms with van der Waals surface area (Å²) in [5.41, 5.74) is 3.23. The maximum atomic E-state index is 4.75. The first-order chi connectivity index (χ1) is 10.3. The fraction of sp³-hybridized carbons (Fsp3) is 0.222. The van der Waals surface area contributed by atoms with E-state index < -0.39 is 0 Å². The van der Waals surface area contributed by atoms with Crippen molar-refractivity contribution in [2.75, 3.05) is 11.9 Å². The van der Waals surface area contributed by atoms with Gasteiger partial charge in [-0.1, -0.05) is 49.4 Å². The van der Waals surface area contributed by atoms with E-state index in [1.165, 1.54) is 5.56 Å². The molecule has 3 rings (SSSR count). The molecule has 1 heterocycles. The summed E-state index contributed by atoms with van der Waals surface area (Å²) < 4.78 is 0. The molecule has 0 amide bonds. The van der Waals surface area contributed by atoms with Crippen LogP contribution in [0, 0.1) is 6.92 Å². The molecule has 2 aromatic carbocycles. The lowest BCUT2D eigenvalue weighted by Gasteiger charge is -2.12. The van der Waals surface area contributed by atoms with Crippen LogP contribution in [0.2, 0.25) is 0 Å². The zero-order chi connectivity index (χ0) is 14.7. The van der Waals surface area contributed by atoms with Crippen LogP contribution in [-0.4, -0.2) is 16.5 Å². The fourth-order valence-electron chi connectivity index (χ4n) is 2.44. The molecule has 1 aromatic heterocycles. The number of anilines is 1. The van der Waals surface area contributed by atoms with Crippen molar-refractivity contribution in [2.45, 2.75) is 20.3 Å². The molecule has 106 valence electrons. The van der Waals surface area contributed by atoms with Crippen LogP contribution in [0.4, 0.5) is 5.82 Å². The molecule has 0 fully saturated rings. The zero-order valence-corrected chi connectivity index (χ0v) is 12.4. The number of hydrogen-bond acceptors (Lipinski definition) is 3. The van der Waals surface area contributed by atoms with E-state index in [4.69, 9.17) is 9.97 Å². The molecule has 0 radical (unpaired) electrons. The lowest BCUT2D eigenvalue weighted by atomic mass is 10.1. The maximum absolute atomic E-state index is 4.75. The van der Waals surface area contributed by atoms with Gasteiger partial charge in [0.15, 0.2) is 5.82 Å². The van der Waals surface area contributed by atoms with Crippen LogP contribution in [0.3, 0.4) is 0 Å². The summed E-state index contributed by atoms with van der Waals surface area (Å²) in [5, 5.41) is 4.55. The van der Waals surface area contributed by atoms with Crippen LogP contribution in [0.1, 0.15) is 18.9 Å². The number of benzene rings is 2. The summed E-state index contributed by atoms with van der Waals surface area (Å²) >= 11 is 0. The average molecular weight is 277 g/mol. The summed E-state index contributed by atoms with van der Waals surface area (Å²) in [6, 6.07) is 16.3. The summed E-state index contributed by atoms with van der Waals surface area (Å²) in [5.74, 6) is 1.70. The molecular weight excluding hydrogens is 258 g/mol. The standard InChI is InChI=1S/C18H19N3/c1-3-12-19-18-16-13(2)8-7-11-15(16)20-17(21-18)14-9-5-4-6-10-14/h4-11H,3,12H2,1-2H3,(H,19,20,21). The first kappa shape index (κ1) is 13.6. The highest BCUT2D eigenvalue weighted by Crippen LogP contribution is 2.27. The maximum Gasteiger partial charge on any atom is 0.162 e. The van der Waals surface area contributed by atoms with Crippen molar-refractivity contribution in [2.24, 2.45) is 0 Å². The van der Waals surface area contributed by atoms with E-state index in [1.807, 2.05) is 42.5 Å². The highest BCUT2D eigenvalue weighted by atomic mass is 15.0. The Bertz CT molecular complexity index is 751. The third-order valence-corrected chi connectivity index (χ3v) is 3.51. The number of aryl methyl sites for hydroxylation is 1. The quantitative estimate of drug-likeness (QED) is 0.766. The second-order valence-corrected chi connectivity index (χ2v) is 5.16. The molecule has 0 aliphatic carbocycles. The Morgan fingerprint density at radius 3 is 2.52 bits per heavy atom. The van der Waals surface area contributed by atoms with Crippen molar-refractivity contribution in [3.8, 4) is 11.4 Å². The predicted molar refractivity (Wildman–Crippen MR) is 88.5 cm³/mol. The second-order valence-electron chi connectivity index (χ2n) is 5.16. The minimum atomic E-state index is 0.771. The minimum Gasteiger partial charge on any atom is -0.369 e. The van der Waals surface area contributed by atoms with Gasteiger partial charge in [0.2, 0.25) is 0 Å². The van der Waals surface area contributed by atoms with E-state index in [2.05, 4.69) is 25.2 Å². The van der Waals surface area contributed by atoms with Crippen molar-refractivity contribution in [1.29, 1.82) is 0 Å². The Kier molecular flexibility index (Phi) is 3.82. The zero-order valence-electron chi connectivity index (χ0n) is 12.4. The lowest BCUT2D eigenvalue weighted by molar-refractivity contribution is 0.970. The number of hydrogen-bond donors (Lipinski definition) is 1. The Hall–Kier alpha value is -2.42. The molecule has 0 bridgehead atoms. The predicted octanol–water partition coefficient (Wildman–Crippen LogP) is 4.43. The topological polar surface area (TPSA) is 37.8 Å². The van der Waals surface area contributed by atoms with Crippen molar-refractivity contribution >= 4 is 16.7 Å². The molecule has 21 heavy (non-hydrogen) atoms. The van der Waals surface area contributed by atoms with Gasteiger partial charge in [0, 0.05) is 17.5 Å². The Morgan fingerprint density at radius 2 is 1.76 bits per heavy atom. The van der Waals surface area contributed by atoms with E-state index >= 15 is 0 Å². The molecular formula is C18H19N3. The highest BCUT2D eigenvalue weighted by molar-refractivity contribution is 5.93. The molecule has 0 unspecified atom stereocenters. The molecule has 3 heteroatoms. The van der Waals surface area contributed by atoms with Crippen LogP contribution in [0.15, 0.2) is 48.5 Å². The molecule has 3 nitrogen and oxygen atoms in total. The largest absolute Gasteiger partial charge is 0.369 e. The third kappa shape index (κ3) is 2.72. The summed E-state index contributed by atoms with van der Waals surface area (Å²) in [6.07, 6.45) is 1.07. The number of aromatic nitrogens is 2. The summed E-state index contributed by atoms with van der Waals surface area (Å²) in [4.78, 5) is 9.47. The molecule has 0 saturated heterocycles. The van der Waals surface area contributed by atoms with Gasteiger partial charge in [-0.3, -0.25) is 0 Å². The number of nitrogens with zero attached hydrogens (tertiary/aromatic N) is 2. The van der Waals surface area contributed by atoms with E-state index in [-0.39, 0.29) is 0 Å². The molecule has 0 aliphatic rings. The highest BCUT2D eigenvalue weighted by Gasteiger charge is 2.10. The SMILES string of the molecule is CCCNc1nc(-c2ccccc2)nc2cccc(C)c12. The third-order valence-electron chi connectivity index (χ3n) is 3.51. The van der Waals surface area contributed by atoms with Crippen molar-refractivity contribution in [3.63, 3.8) is 0 Å². The molecule has 3 aromatic rings.